The number of nitrogens with one attached hydrogen (secondary N) is 1. The second-order valence-corrected chi connectivity index (χ2v) is 3.09. The van der Waals surface area contributed by atoms with E-state index in [0.29, 0.717) is 17.7 Å². The Morgan fingerprint density at radius 2 is 2.08 bits per heavy atom. The minimum Gasteiger partial charge on any atom is -0.478 e. The maximum Gasteiger partial charge on any atom is 0.331 e. The first-order chi connectivity index (χ1) is 6.02. The van der Waals surface area contributed by atoms with Crippen molar-refractivity contribution in [3.8, 4) is 0 Å². The summed E-state index contributed by atoms with van der Waals surface area (Å²) in [7, 11) is 0. The first-order valence-corrected chi connectivity index (χ1v) is 4.55. The molecule has 0 aromatic heterocycles. The molecule has 0 aromatic carbocycles. The van der Waals surface area contributed by atoms with Crippen LogP contribution in [0.1, 0.15) is 33.6 Å². The van der Waals surface area contributed by atoms with Gasteiger partial charge in [0.2, 0.25) is 0 Å². The standard InChI is InChI=1S/C10H17NO2/c1-4-7(3)9(10(12)13)6-8(11)5-2/h6-7,11H,4-5H2,1-3H3,(H,12,13)/b9-6+,11-8?. The Balaban J connectivity index is 4.69. The van der Waals surface area contributed by atoms with Gasteiger partial charge in [-0.1, -0.05) is 20.8 Å². The van der Waals surface area contributed by atoms with E-state index < -0.39 is 5.97 Å². The molecule has 0 aliphatic heterocycles. The number of hydrogen-bond acceptors (Lipinski definition) is 2. The molecule has 74 valence electrons. The number of aliphatic carboxylic acids is 1. The van der Waals surface area contributed by atoms with Crippen molar-refractivity contribution in [2.75, 3.05) is 0 Å². The molecule has 0 saturated carbocycles. The maximum atomic E-state index is 10.8. The summed E-state index contributed by atoms with van der Waals surface area (Å²) in [4.78, 5) is 10.8. The predicted octanol–water partition coefficient (Wildman–Crippen LogP) is 2.47. The monoisotopic (exact) mass is 183 g/mol. The van der Waals surface area contributed by atoms with Crippen LogP contribution in [0.3, 0.4) is 0 Å². The topological polar surface area (TPSA) is 61.2 Å². The van der Waals surface area contributed by atoms with E-state index in [-0.39, 0.29) is 5.92 Å². The van der Waals surface area contributed by atoms with E-state index in [1.54, 1.807) is 0 Å². The molecule has 3 heteroatoms. The molecule has 2 N–H and O–H groups in total. The maximum absolute atomic E-state index is 10.8. The van der Waals surface area contributed by atoms with Crippen molar-refractivity contribution < 1.29 is 9.90 Å². The lowest BCUT2D eigenvalue weighted by atomic mass is 9.97. The van der Waals surface area contributed by atoms with Gasteiger partial charge in [-0.3, -0.25) is 0 Å². The van der Waals surface area contributed by atoms with E-state index in [4.69, 9.17) is 10.5 Å². The Hall–Kier alpha value is -1.12. The summed E-state index contributed by atoms with van der Waals surface area (Å²) < 4.78 is 0. The lowest BCUT2D eigenvalue weighted by Gasteiger charge is -2.09. The molecule has 0 bridgehead atoms. The molecule has 1 atom stereocenters. The number of carboxylic acids is 1. The van der Waals surface area contributed by atoms with Gasteiger partial charge in [-0.15, -0.1) is 0 Å². The van der Waals surface area contributed by atoms with Gasteiger partial charge in [-0.25, -0.2) is 4.79 Å². The highest BCUT2D eigenvalue weighted by Crippen LogP contribution is 2.14. The molecule has 0 radical (unpaired) electrons. The zero-order valence-corrected chi connectivity index (χ0v) is 8.42. The Morgan fingerprint density at radius 3 is 2.38 bits per heavy atom. The quantitative estimate of drug-likeness (QED) is 0.508. The Morgan fingerprint density at radius 1 is 1.54 bits per heavy atom. The van der Waals surface area contributed by atoms with Crippen LogP contribution in [-0.4, -0.2) is 16.8 Å². The molecule has 0 heterocycles. The van der Waals surface area contributed by atoms with Crippen LogP contribution in [0.4, 0.5) is 0 Å². The highest BCUT2D eigenvalue weighted by molar-refractivity contribution is 6.00. The second-order valence-electron chi connectivity index (χ2n) is 3.09. The number of carbonyl (C=O) groups is 1. The van der Waals surface area contributed by atoms with Gasteiger partial charge < -0.3 is 10.5 Å². The van der Waals surface area contributed by atoms with Gasteiger partial charge >= 0.3 is 5.97 Å². The van der Waals surface area contributed by atoms with Gasteiger partial charge in [-0.05, 0) is 24.8 Å². The summed E-state index contributed by atoms with van der Waals surface area (Å²) in [5.74, 6) is -0.892. The summed E-state index contributed by atoms with van der Waals surface area (Å²) in [5.41, 5.74) is 0.715. The number of carboxylic acid groups (broad SMARTS) is 1. The average Bonchev–Trinajstić information content (AvgIpc) is 2.11. The largest absolute Gasteiger partial charge is 0.478 e. The molecule has 0 saturated heterocycles. The van der Waals surface area contributed by atoms with Crippen molar-refractivity contribution in [1.29, 1.82) is 5.41 Å². The third-order valence-corrected chi connectivity index (χ3v) is 2.10. The van der Waals surface area contributed by atoms with Crippen LogP contribution in [0.2, 0.25) is 0 Å². The molecule has 0 aliphatic rings. The van der Waals surface area contributed by atoms with Crippen LogP contribution < -0.4 is 0 Å². The minimum absolute atomic E-state index is 0.0180. The summed E-state index contributed by atoms with van der Waals surface area (Å²) in [6, 6.07) is 0. The number of rotatable bonds is 5. The zero-order chi connectivity index (χ0) is 10.4. The normalized spacial score (nSPS) is 13.9. The van der Waals surface area contributed by atoms with E-state index in [0.717, 1.165) is 6.42 Å². The van der Waals surface area contributed by atoms with E-state index in [9.17, 15) is 4.79 Å². The summed E-state index contributed by atoms with van der Waals surface area (Å²) in [5, 5.41) is 16.2. The van der Waals surface area contributed by atoms with Gasteiger partial charge in [0.25, 0.3) is 0 Å². The molecular formula is C10H17NO2. The molecule has 0 amide bonds. The van der Waals surface area contributed by atoms with E-state index >= 15 is 0 Å². The Labute approximate surface area is 79.0 Å². The van der Waals surface area contributed by atoms with Crippen molar-refractivity contribution >= 4 is 11.7 Å². The molecule has 3 nitrogen and oxygen atoms in total. The highest BCUT2D eigenvalue weighted by atomic mass is 16.4. The molecule has 0 aliphatic carbocycles. The Kier molecular flexibility index (Phi) is 5.04. The van der Waals surface area contributed by atoms with Crippen LogP contribution in [0.15, 0.2) is 11.6 Å². The fraction of sp³-hybridized carbons (Fsp3) is 0.600. The van der Waals surface area contributed by atoms with Gasteiger partial charge in [-0.2, -0.15) is 0 Å². The summed E-state index contributed by atoms with van der Waals surface area (Å²) in [6.45, 7) is 5.65. The molecule has 1 unspecified atom stereocenters. The molecule has 0 spiro atoms. The zero-order valence-electron chi connectivity index (χ0n) is 8.42. The lowest BCUT2D eigenvalue weighted by Crippen LogP contribution is -2.11. The van der Waals surface area contributed by atoms with Crippen LogP contribution in [0.5, 0.6) is 0 Å². The summed E-state index contributed by atoms with van der Waals surface area (Å²) in [6.07, 6.45) is 2.83. The summed E-state index contributed by atoms with van der Waals surface area (Å²) >= 11 is 0. The fourth-order valence-corrected chi connectivity index (χ4v) is 0.924. The van der Waals surface area contributed by atoms with Crippen molar-refractivity contribution in [2.45, 2.75) is 33.6 Å². The highest BCUT2D eigenvalue weighted by Gasteiger charge is 2.14. The van der Waals surface area contributed by atoms with Crippen molar-refractivity contribution in [2.24, 2.45) is 5.92 Å². The minimum atomic E-state index is -0.910. The van der Waals surface area contributed by atoms with Gasteiger partial charge in [0.05, 0.1) is 0 Å². The SMILES string of the molecule is CCC(=N)/C=C(/C(=O)O)C(C)CC. The van der Waals surface area contributed by atoms with Crippen LogP contribution >= 0.6 is 0 Å². The third-order valence-electron chi connectivity index (χ3n) is 2.10. The number of allylic oxidation sites excluding steroid dienone is 1. The molecule has 0 fully saturated rings. The van der Waals surface area contributed by atoms with Crippen LogP contribution in [0, 0.1) is 11.3 Å². The Bertz CT molecular complexity index is 231. The molecule has 0 rings (SSSR count). The van der Waals surface area contributed by atoms with E-state index in [2.05, 4.69) is 0 Å². The van der Waals surface area contributed by atoms with E-state index in [1.165, 1.54) is 6.08 Å². The van der Waals surface area contributed by atoms with Crippen molar-refractivity contribution in [3.63, 3.8) is 0 Å². The lowest BCUT2D eigenvalue weighted by molar-refractivity contribution is -0.133. The van der Waals surface area contributed by atoms with Crippen LogP contribution in [-0.2, 0) is 4.79 Å². The average molecular weight is 183 g/mol. The van der Waals surface area contributed by atoms with Gasteiger partial charge in [0.1, 0.15) is 0 Å². The van der Waals surface area contributed by atoms with Crippen molar-refractivity contribution in [1.82, 2.24) is 0 Å². The van der Waals surface area contributed by atoms with Gasteiger partial charge in [0.15, 0.2) is 0 Å². The smallest absolute Gasteiger partial charge is 0.331 e. The molecular weight excluding hydrogens is 166 g/mol. The second kappa shape index (κ2) is 5.51. The number of hydrogen-bond donors (Lipinski definition) is 2. The first-order valence-electron chi connectivity index (χ1n) is 4.55. The molecule has 13 heavy (non-hydrogen) atoms. The predicted molar refractivity (Wildman–Crippen MR) is 53.2 cm³/mol. The fourth-order valence-electron chi connectivity index (χ4n) is 0.924. The first kappa shape index (κ1) is 11.9. The van der Waals surface area contributed by atoms with E-state index in [1.807, 2.05) is 20.8 Å². The van der Waals surface area contributed by atoms with Crippen molar-refractivity contribution in [3.05, 3.63) is 11.6 Å². The third kappa shape index (κ3) is 3.87. The van der Waals surface area contributed by atoms with Crippen LogP contribution in [0.25, 0.3) is 0 Å². The molecule has 0 aromatic rings. The van der Waals surface area contributed by atoms with Gasteiger partial charge in [0, 0.05) is 11.3 Å².